The molecule has 1 saturated heterocycles. The molecule has 9 unspecified atom stereocenters. The first-order valence-corrected chi connectivity index (χ1v) is 38.1. The van der Waals surface area contributed by atoms with E-state index in [1.54, 1.807) is 99.7 Å². The van der Waals surface area contributed by atoms with Crippen molar-refractivity contribution in [3.05, 3.63) is 179 Å². The highest BCUT2D eigenvalue weighted by atomic mass is 16.7. The van der Waals surface area contributed by atoms with Gasteiger partial charge in [-0.3, -0.25) is 14.8 Å². The third kappa shape index (κ3) is 16.8. The van der Waals surface area contributed by atoms with E-state index >= 15 is 0 Å². The lowest BCUT2D eigenvalue weighted by molar-refractivity contribution is -0.146. The molecule has 4 saturated carbocycles. The van der Waals surface area contributed by atoms with Crippen molar-refractivity contribution in [3.8, 4) is 91.3 Å². The van der Waals surface area contributed by atoms with Crippen LogP contribution in [0.1, 0.15) is 185 Å². The Kier molecular flexibility index (Phi) is 25.5. The van der Waals surface area contributed by atoms with Gasteiger partial charge in [0.2, 0.25) is 0 Å². The molecule has 9 aliphatic rings. The van der Waals surface area contributed by atoms with Gasteiger partial charge in [-0.25, -0.2) is 19.2 Å². The Morgan fingerprint density at radius 1 is 0.559 bits per heavy atom. The number of pyridine rings is 2. The van der Waals surface area contributed by atoms with Gasteiger partial charge < -0.3 is 80.4 Å². The Balaban J connectivity index is 0.000000139. The number of epoxide rings is 1. The second-order valence-corrected chi connectivity index (χ2v) is 29.8. The summed E-state index contributed by atoms with van der Waals surface area (Å²) in [6.07, 6.45) is 22.0. The molecule has 0 bridgehead atoms. The number of hydrogen-bond donors (Lipinski definition) is 3. The highest BCUT2D eigenvalue weighted by Gasteiger charge is 2.68. The topological polar surface area (TPSA) is 320 Å². The molecule has 6 aromatic heterocycles. The van der Waals surface area contributed by atoms with E-state index in [-0.39, 0.29) is 110 Å². The summed E-state index contributed by atoms with van der Waals surface area (Å²) < 4.78 is 79.4. The summed E-state index contributed by atoms with van der Waals surface area (Å²) in [5.41, 5.74) is 3.33. The maximum absolute atomic E-state index is 12.9. The molecule has 1 spiro atoms. The van der Waals surface area contributed by atoms with Gasteiger partial charge in [-0.15, -0.1) is 0 Å². The van der Waals surface area contributed by atoms with Crippen LogP contribution in [0.3, 0.4) is 0 Å². The zero-order valence-corrected chi connectivity index (χ0v) is 62.4. The van der Waals surface area contributed by atoms with E-state index in [0.717, 1.165) is 101 Å². The van der Waals surface area contributed by atoms with E-state index in [1.165, 1.54) is 32.6 Å². The molecule has 0 amide bonds. The fourth-order valence-corrected chi connectivity index (χ4v) is 16.8. The fourth-order valence-electron chi connectivity index (χ4n) is 16.8. The number of carbonyl (C=O) groups is 1. The highest BCUT2D eigenvalue weighted by Crippen LogP contribution is 2.62. The summed E-state index contributed by atoms with van der Waals surface area (Å²) >= 11 is 0. The molecule has 592 valence electrons. The van der Waals surface area contributed by atoms with Crippen LogP contribution in [0.15, 0.2) is 152 Å². The van der Waals surface area contributed by atoms with Crippen molar-refractivity contribution in [1.82, 2.24) is 9.97 Å². The van der Waals surface area contributed by atoms with Gasteiger partial charge in [0.15, 0.2) is 23.0 Å². The quantitative estimate of drug-likeness (QED) is 0.0597. The predicted octanol–water partition coefficient (Wildman–Crippen LogP) is 15.6. The minimum atomic E-state index is -0.947. The fraction of sp³-hybridized carbons (Fsp3) is 0.483. The zero-order valence-electron chi connectivity index (χ0n) is 62.4. The molecule has 2 aromatic carbocycles. The lowest BCUT2D eigenvalue weighted by Crippen LogP contribution is -2.44. The molecule has 111 heavy (non-hydrogen) atoms. The summed E-state index contributed by atoms with van der Waals surface area (Å²) in [5, 5.41) is 31.5. The molecule has 24 heteroatoms. The lowest BCUT2D eigenvalue weighted by Gasteiger charge is -2.43. The van der Waals surface area contributed by atoms with Gasteiger partial charge in [0, 0.05) is 96.2 Å². The van der Waals surface area contributed by atoms with Crippen molar-refractivity contribution < 1.29 is 85.2 Å². The second kappa shape index (κ2) is 35.1. The van der Waals surface area contributed by atoms with E-state index in [9.17, 15) is 39.3 Å². The van der Waals surface area contributed by atoms with Crippen LogP contribution in [0.2, 0.25) is 0 Å². The van der Waals surface area contributed by atoms with Crippen LogP contribution < -0.4 is 60.4 Å². The smallest absolute Gasteiger partial charge is 0.347 e. The number of hydrogen-bond acceptors (Lipinski definition) is 24. The Labute approximate surface area is 645 Å². The van der Waals surface area contributed by atoms with E-state index in [1.807, 2.05) is 44.2 Å². The number of benzene rings is 2. The minimum Gasteiger partial charge on any atom is -0.493 e. The molecule has 11 heterocycles. The molecule has 5 aliphatic heterocycles. The number of nitrogens with zero attached hydrogens (tertiary/aromatic N) is 2. The molecule has 17 rings (SSSR count). The maximum Gasteiger partial charge on any atom is 0.347 e. The molecule has 3 N–H and O–H groups in total. The zero-order chi connectivity index (χ0) is 76.2. The highest BCUT2D eigenvalue weighted by molar-refractivity contribution is 5.70. The average Bonchev–Trinajstić information content (AvgIpc) is 1.53. The first-order chi connectivity index (χ1) is 52.9. The summed E-state index contributed by atoms with van der Waals surface area (Å²) in [4.78, 5) is 70.3. The van der Waals surface area contributed by atoms with Crippen LogP contribution in [-0.4, -0.2) is 103 Å². The molecule has 24 nitrogen and oxygen atoms in total. The lowest BCUT2D eigenvalue weighted by atomic mass is 9.71. The van der Waals surface area contributed by atoms with Crippen LogP contribution in [0.25, 0.3) is 51.4 Å². The number of aromatic nitrogens is 2. The number of fused-ring (bicyclic) bond motifs is 8. The van der Waals surface area contributed by atoms with Crippen molar-refractivity contribution in [2.45, 2.75) is 193 Å². The molecule has 4 aliphatic carbocycles. The Bertz CT molecular complexity index is 4860. The Hall–Kier alpha value is -10.0. The number of carbonyl (C=O) groups excluding carboxylic acids is 1. The van der Waals surface area contributed by atoms with Crippen molar-refractivity contribution in [2.75, 3.05) is 41.7 Å². The van der Waals surface area contributed by atoms with Gasteiger partial charge in [-0.2, -0.15) is 0 Å². The predicted molar refractivity (Wildman–Crippen MR) is 414 cm³/mol. The van der Waals surface area contributed by atoms with Gasteiger partial charge in [-0.1, -0.05) is 48.5 Å². The van der Waals surface area contributed by atoms with Crippen LogP contribution in [0.5, 0.6) is 46.0 Å². The SMILES string of the molecule is C.C.CCCCC(=O)OCC(C)[C@H]1CCC2C(C1)Oc1cc(-c3ccc(OC)c(OC)c3)oc(=O)c1C2O.COc1ccc(-c2cc3c(c(=O)o2)C(O)C2CC[C@H](C(C)CO)CC2O3)cc1OC.O=c1oc(-c2cccnc2)cc2c1C=C1CCCCC1O2.O=c1oc(-c2cccnc2)cc2c1[C@H]1O[C@]13CCCC[C@@H]3O2. The van der Waals surface area contributed by atoms with Crippen LogP contribution in [0, 0.1) is 35.5 Å². The minimum absolute atomic E-state index is 0. The monoisotopic (exact) mass is 1530 g/mol. The van der Waals surface area contributed by atoms with Crippen molar-refractivity contribution in [3.63, 3.8) is 0 Å². The normalized spacial score (nSPS) is 24.7. The summed E-state index contributed by atoms with van der Waals surface area (Å²) in [6.45, 7) is 6.69. The maximum atomic E-state index is 12.9. The number of aliphatic hydroxyl groups excluding tert-OH is 3. The van der Waals surface area contributed by atoms with Gasteiger partial charge in [0.1, 0.15) is 104 Å². The van der Waals surface area contributed by atoms with E-state index in [2.05, 4.69) is 16.9 Å². The van der Waals surface area contributed by atoms with Gasteiger partial charge in [-0.05, 0) is 186 Å². The molecule has 8 aromatic rings. The van der Waals surface area contributed by atoms with Crippen LogP contribution in [-0.2, 0) is 14.3 Å². The van der Waals surface area contributed by atoms with Gasteiger partial charge >= 0.3 is 28.5 Å². The molecular weight excluding hydrogens is 1420 g/mol. The standard InChI is InChI=1S/C28H36O8.C23H28O7.C17H15NO4.C17H15NO3.2CH4/c1-5-6-7-25(29)34-15-16(2)17-8-10-19-22(12-17)35-24-14-21(36-28(31)26(24)27(19)30)18-9-11-20(32-3)23(13-18)33-4;1-12(11-24)13-4-6-15-18(8-13)29-20-10-17(30-23(26)21(20)22(15)25)14-5-7-16(27-2)19(9-14)28-3;19-16-14-12(8-11(21-16)10-4-3-7-18-9-10)20-13-5-1-2-6-17(13)15(14)22-17;19-17-13-8-11-4-1-2-6-14(11)20-16(13)9-15(21-17)12-5-3-7-18-10-12;;/h9,11,13-14,16-17,19,22,27,30H,5-8,10,12,15H2,1-4H3;5,7,9-10,12-13,15,18,22,24-25H,4,6,8,11H2,1-3H3;3-4,7-9,13,15H,1-2,5-6H2;3,5,7-10,14H,1-2,4,6H2;2*1H4/t16?,17-,19?,22?,27?;12?,13-,15?,18?,22?;13-,15+,17-;;;/m000.../s1. The van der Waals surface area contributed by atoms with Crippen molar-refractivity contribution >= 4 is 12.0 Å². The molecule has 14 atom stereocenters. The second-order valence-electron chi connectivity index (χ2n) is 29.8. The first kappa shape index (κ1) is 80.5. The van der Waals surface area contributed by atoms with E-state index < -0.39 is 23.5 Å². The number of methoxy groups -OCH3 is 4. The van der Waals surface area contributed by atoms with Gasteiger partial charge in [0.25, 0.3) is 0 Å². The van der Waals surface area contributed by atoms with Crippen LogP contribution >= 0.6 is 0 Å². The third-order valence-electron chi connectivity index (χ3n) is 23.2. The molecule has 5 fully saturated rings. The van der Waals surface area contributed by atoms with Crippen molar-refractivity contribution in [1.29, 1.82) is 0 Å². The summed E-state index contributed by atoms with van der Waals surface area (Å²) in [6, 6.07) is 24.8. The largest absolute Gasteiger partial charge is 0.493 e. The van der Waals surface area contributed by atoms with Gasteiger partial charge in [0.05, 0.1) is 47.3 Å². The number of aliphatic hydroxyl groups is 3. The Morgan fingerprint density at radius 3 is 1.59 bits per heavy atom. The third-order valence-corrected chi connectivity index (χ3v) is 23.2. The number of ether oxygens (including phenoxy) is 10. The van der Waals surface area contributed by atoms with Crippen LogP contribution in [0.4, 0.5) is 0 Å². The number of esters is 1. The number of rotatable bonds is 16. The average molecular weight is 1530 g/mol. The first-order valence-electron chi connectivity index (χ1n) is 38.1. The van der Waals surface area contributed by atoms with Crippen molar-refractivity contribution in [2.24, 2.45) is 35.5 Å². The Morgan fingerprint density at radius 2 is 1.06 bits per heavy atom. The summed E-state index contributed by atoms with van der Waals surface area (Å²) in [5.74, 6) is 6.27. The van der Waals surface area contributed by atoms with E-state index in [4.69, 9.17) is 65.0 Å². The number of unbranched alkanes of at least 4 members (excludes halogenated alkanes) is 1. The summed E-state index contributed by atoms with van der Waals surface area (Å²) in [7, 11) is 6.18. The molecular formula is C87H102N2O22. The molecule has 0 radical (unpaired) electrons. The van der Waals surface area contributed by atoms with E-state index in [0.29, 0.717) is 116 Å².